The second-order valence-corrected chi connectivity index (χ2v) is 7.26. The van der Waals surface area contributed by atoms with Crippen LogP contribution in [0, 0.1) is 0 Å². The summed E-state index contributed by atoms with van der Waals surface area (Å²) in [6.07, 6.45) is 0.381. The predicted octanol–water partition coefficient (Wildman–Crippen LogP) is 4.75. The number of urea groups is 1. The number of alkyl halides is 3. The van der Waals surface area contributed by atoms with Crippen LogP contribution in [-0.2, 0) is 13.2 Å². The number of amides is 2. The minimum atomic E-state index is -4.45. The average Bonchev–Trinajstić information content (AvgIpc) is 3.12. The Bertz CT molecular complexity index is 1090. The van der Waals surface area contributed by atoms with Crippen LogP contribution >= 0.6 is 0 Å². The number of aromatic nitrogens is 3. The van der Waals surface area contributed by atoms with Crippen LogP contribution in [0.3, 0.4) is 0 Å². The van der Waals surface area contributed by atoms with Crippen LogP contribution in [0.5, 0.6) is 0 Å². The second kappa shape index (κ2) is 8.29. The van der Waals surface area contributed by atoms with Crippen molar-refractivity contribution in [3.8, 4) is 11.3 Å². The SMILES string of the molecule is Cn1cc(NC(=O)N2CCCCNc3ccc(-c4cccc(C(F)(F)F)c4)nc32)cn1. The predicted molar refractivity (Wildman–Crippen MR) is 112 cm³/mol. The lowest BCUT2D eigenvalue weighted by Crippen LogP contribution is -2.38. The Hall–Kier alpha value is -3.56. The lowest BCUT2D eigenvalue weighted by atomic mass is 10.1. The summed E-state index contributed by atoms with van der Waals surface area (Å²) < 4.78 is 41.0. The fourth-order valence-electron chi connectivity index (χ4n) is 3.41. The Labute approximate surface area is 176 Å². The van der Waals surface area contributed by atoms with Gasteiger partial charge in [0.2, 0.25) is 0 Å². The maximum Gasteiger partial charge on any atom is 0.416 e. The molecule has 1 aromatic carbocycles. The standard InChI is InChI=1S/C21H21F3N6O/c1-29-13-16(12-26-29)27-20(31)30-10-3-2-9-25-18-8-7-17(28-19(18)30)14-5-4-6-15(11-14)21(22,23)24/h4-8,11-13,25H,2-3,9-10H2,1H3,(H,27,31). The van der Waals surface area contributed by atoms with E-state index in [2.05, 4.69) is 20.7 Å². The topological polar surface area (TPSA) is 75.1 Å². The molecule has 2 N–H and O–H groups in total. The summed E-state index contributed by atoms with van der Waals surface area (Å²) in [6, 6.07) is 8.01. The third-order valence-electron chi connectivity index (χ3n) is 4.94. The van der Waals surface area contributed by atoms with Crippen molar-refractivity contribution in [1.29, 1.82) is 0 Å². The highest BCUT2D eigenvalue weighted by Crippen LogP contribution is 2.34. The zero-order valence-electron chi connectivity index (χ0n) is 16.8. The van der Waals surface area contributed by atoms with Crippen molar-refractivity contribution in [2.45, 2.75) is 19.0 Å². The molecule has 0 saturated carbocycles. The van der Waals surface area contributed by atoms with Crippen LogP contribution in [0.15, 0.2) is 48.8 Å². The first-order valence-corrected chi connectivity index (χ1v) is 9.81. The Morgan fingerprint density at radius 3 is 2.77 bits per heavy atom. The van der Waals surface area contributed by atoms with Gasteiger partial charge in [-0.1, -0.05) is 12.1 Å². The molecule has 0 spiro atoms. The molecule has 1 aliphatic heterocycles. The lowest BCUT2D eigenvalue weighted by molar-refractivity contribution is -0.137. The number of rotatable bonds is 2. The number of nitrogens with one attached hydrogen (secondary N) is 2. The minimum absolute atomic E-state index is 0.326. The Morgan fingerprint density at radius 1 is 1.19 bits per heavy atom. The molecule has 31 heavy (non-hydrogen) atoms. The lowest BCUT2D eigenvalue weighted by Gasteiger charge is -2.27. The number of fused-ring (bicyclic) bond motifs is 1. The molecule has 0 unspecified atom stereocenters. The van der Waals surface area contributed by atoms with E-state index in [-0.39, 0.29) is 6.03 Å². The molecular formula is C21H21F3N6O. The molecule has 0 fully saturated rings. The summed E-state index contributed by atoms with van der Waals surface area (Å²) in [5.41, 5.74) is 1.12. The number of nitrogens with zero attached hydrogens (tertiary/aromatic N) is 4. The molecule has 3 aromatic rings. The largest absolute Gasteiger partial charge is 0.416 e. The minimum Gasteiger partial charge on any atom is -0.382 e. The van der Waals surface area contributed by atoms with Gasteiger partial charge in [0.1, 0.15) is 0 Å². The van der Waals surface area contributed by atoms with Gasteiger partial charge < -0.3 is 10.6 Å². The zero-order chi connectivity index (χ0) is 22.0. The summed E-state index contributed by atoms with van der Waals surface area (Å²) >= 11 is 0. The average molecular weight is 430 g/mol. The first-order valence-electron chi connectivity index (χ1n) is 9.81. The van der Waals surface area contributed by atoms with Crippen LogP contribution in [0.4, 0.5) is 35.2 Å². The molecule has 2 aromatic heterocycles. The number of hydrogen-bond donors (Lipinski definition) is 2. The van der Waals surface area contributed by atoms with Crippen LogP contribution in [-0.4, -0.2) is 33.9 Å². The van der Waals surface area contributed by atoms with E-state index in [1.807, 2.05) is 0 Å². The number of pyridine rings is 1. The van der Waals surface area contributed by atoms with E-state index in [0.717, 1.165) is 31.5 Å². The molecule has 4 rings (SSSR count). The van der Waals surface area contributed by atoms with E-state index in [4.69, 9.17) is 0 Å². The van der Waals surface area contributed by atoms with E-state index in [9.17, 15) is 18.0 Å². The highest BCUT2D eigenvalue weighted by Gasteiger charge is 2.31. The van der Waals surface area contributed by atoms with Gasteiger partial charge in [0.15, 0.2) is 5.82 Å². The maximum absolute atomic E-state index is 13.1. The first kappa shape index (κ1) is 20.7. The Balaban J connectivity index is 1.70. The molecule has 0 saturated heterocycles. The molecular weight excluding hydrogens is 409 g/mol. The molecule has 2 amide bonds. The molecule has 0 radical (unpaired) electrons. The molecule has 3 heterocycles. The van der Waals surface area contributed by atoms with Crippen molar-refractivity contribution in [3.05, 3.63) is 54.4 Å². The summed E-state index contributed by atoms with van der Waals surface area (Å²) in [5.74, 6) is 0.371. The molecule has 10 heteroatoms. The van der Waals surface area contributed by atoms with Crippen molar-refractivity contribution in [2.75, 3.05) is 28.6 Å². The van der Waals surface area contributed by atoms with Crippen LogP contribution in [0.2, 0.25) is 0 Å². The van der Waals surface area contributed by atoms with E-state index in [0.29, 0.717) is 35.0 Å². The molecule has 0 atom stereocenters. The highest BCUT2D eigenvalue weighted by atomic mass is 19.4. The van der Waals surface area contributed by atoms with Gasteiger partial charge in [-0.2, -0.15) is 18.3 Å². The number of carbonyl (C=O) groups excluding carboxylic acids is 1. The number of hydrogen-bond acceptors (Lipinski definition) is 4. The molecule has 0 aliphatic carbocycles. The van der Waals surface area contributed by atoms with Crippen molar-refractivity contribution >= 4 is 23.2 Å². The maximum atomic E-state index is 13.1. The van der Waals surface area contributed by atoms with Gasteiger partial charge in [-0.25, -0.2) is 9.78 Å². The number of carbonyl (C=O) groups is 1. The van der Waals surface area contributed by atoms with Crippen LogP contribution in [0.25, 0.3) is 11.3 Å². The fraction of sp³-hybridized carbons (Fsp3) is 0.286. The van der Waals surface area contributed by atoms with Crippen LogP contribution in [0.1, 0.15) is 18.4 Å². The van der Waals surface area contributed by atoms with Crippen LogP contribution < -0.4 is 15.5 Å². The van der Waals surface area contributed by atoms with E-state index >= 15 is 0 Å². The van der Waals surface area contributed by atoms with E-state index in [1.54, 1.807) is 36.1 Å². The van der Waals surface area contributed by atoms with Gasteiger partial charge in [0.05, 0.1) is 28.8 Å². The smallest absolute Gasteiger partial charge is 0.382 e. The van der Waals surface area contributed by atoms with Crippen molar-refractivity contribution in [1.82, 2.24) is 14.8 Å². The fourth-order valence-corrected chi connectivity index (χ4v) is 3.41. The zero-order valence-corrected chi connectivity index (χ0v) is 16.8. The molecule has 1 aliphatic rings. The normalized spacial score (nSPS) is 14.3. The first-order chi connectivity index (χ1) is 14.8. The van der Waals surface area contributed by atoms with Gasteiger partial charge in [-0.15, -0.1) is 0 Å². The number of anilines is 3. The molecule has 162 valence electrons. The quantitative estimate of drug-likeness (QED) is 0.616. The molecule has 7 nitrogen and oxygen atoms in total. The van der Waals surface area contributed by atoms with Crippen molar-refractivity contribution < 1.29 is 18.0 Å². The number of aryl methyl sites for hydroxylation is 1. The van der Waals surface area contributed by atoms with Gasteiger partial charge in [0.25, 0.3) is 0 Å². The Kier molecular flexibility index (Phi) is 5.53. The van der Waals surface area contributed by atoms with E-state index in [1.165, 1.54) is 17.2 Å². The summed E-state index contributed by atoms with van der Waals surface area (Å²) in [4.78, 5) is 19.1. The number of halogens is 3. The Morgan fingerprint density at radius 2 is 2.03 bits per heavy atom. The molecule has 0 bridgehead atoms. The summed E-state index contributed by atoms with van der Waals surface area (Å²) in [5, 5.41) is 10.1. The third kappa shape index (κ3) is 4.62. The van der Waals surface area contributed by atoms with Gasteiger partial charge in [-0.05, 0) is 37.1 Å². The summed E-state index contributed by atoms with van der Waals surface area (Å²) in [6.45, 7) is 1.15. The monoisotopic (exact) mass is 430 g/mol. The third-order valence-corrected chi connectivity index (χ3v) is 4.94. The van der Waals surface area contributed by atoms with Crippen molar-refractivity contribution in [3.63, 3.8) is 0 Å². The van der Waals surface area contributed by atoms with Gasteiger partial charge >= 0.3 is 12.2 Å². The summed E-state index contributed by atoms with van der Waals surface area (Å²) in [7, 11) is 1.74. The second-order valence-electron chi connectivity index (χ2n) is 7.26. The van der Waals surface area contributed by atoms with Gasteiger partial charge in [-0.3, -0.25) is 9.58 Å². The van der Waals surface area contributed by atoms with Gasteiger partial charge in [0, 0.05) is 31.9 Å². The highest BCUT2D eigenvalue weighted by molar-refractivity contribution is 6.03. The van der Waals surface area contributed by atoms with E-state index < -0.39 is 11.7 Å². The van der Waals surface area contributed by atoms with Crippen molar-refractivity contribution in [2.24, 2.45) is 7.05 Å². The number of benzene rings is 1.